The minimum atomic E-state index is -6.25. The maximum Gasteiger partial charge on any atom is 0.458 e. The zero-order valence-electron chi connectivity index (χ0n) is 32.6. The van der Waals surface area contributed by atoms with Crippen LogP contribution in [0.4, 0.5) is 40.8 Å². The fourth-order valence-corrected chi connectivity index (χ4v) is 7.45. The van der Waals surface area contributed by atoms with E-state index in [0.29, 0.717) is 18.9 Å². The maximum absolute atomic E-state index is 14.6. The topological polar surface area (TPSA) is 4.44 Å². The number of quaternary nitrogens is 1. The molecule has 0 bridgehead atoms. The van der Waals surface area contributed by atoms with Gasteiger partial charge in [0.1, 0.15) is 5.56 Å². The van der Waals surface area contributed by atoms with E-state index in [1.807, 2.05) is 0 Å². The summed E-state index contributed by atoms with van der Waals surface area (Å²) in [7, 11) is 0. The van der Waals surface area contributed by atoms with Crippen molar-refractivity contribution in [2.75, 3.05) is 13.1 Å². The summed E-state index contributed by atoms with van der Waals surface area (Å²) in [5.41, 5.74) is -3.27. The number of nitrogens with one attached hydrogen (secondary N) is 1. The molecule has 0 radical (unpaired) electrons. The second kappa shape index (κ2) is 27.3. The van der Waals surface area contributed by atoms with Gasteiger partial charge in [0.2, 0.25) is 0 Å². The van der Waals surface area contributed by atoms with Crippen LogP contribution < -0.4 is 4.90 Å². The molecule has 0 aliphatic carbocycles. The number of halogens is 8. The third kappa shape index (κ3) is 17.9. The Kier molecular flexibility index (Phi) is 26.6. The molecule has 0 saturated carbocycles. The Labute approximate surface area is 301 Å². The largest absolute Gasteiger partial charge is 0.458 e. The lowest BCUT2D eigenvalue weighted by molar-refractivity contribution is -0.834. The lowest BCUT2D eigenvalue weighted by Gasteiger charge is -2.40. The van der Waals surface area contributed by atoms with Crippen LogP contribution >= 0.6 is 0 Å². The standard InChI is InChI=1S/C20H44B.C20H27F8N/c1-5-9-13-17-21(18-14-10-6-2,19-15-11-7-3)20-16-12-8-4;1-3-5-6-7-8-9-10-12-29(11-4-2)15-13-14(21)17(22)16(18(15)23)19(24,25)20(26,27)28/h5-20H2,1-4H3;13H,3-12H2,1-2H3/q-1;/p+1. The highest BCUT2D eigenvalue weighted by atomic mass is 19.4. The van der Waals surface area contributed by atoms with Gasteiger partial charge >= 0.3 is 12.1 Å². The van der Waals surface area contributed by atoms with E-state index in [2.05, 4.69) is 34.6 Å². The van der Waals surface area contributed by atoms with E-state index in [4.69, 9.17) is 0 Å². The fourth-order valence-electron chi connectivity index (χ4n) is 7.45. The van der Waals surface area contributed by atoms with Crippen molar-refractivity contribution in [3.05, 3.63) is 29.1 Å². The Morgan fingerprint density at radius 3 is 1.24 bits per heavy atom. The molecule has 0 spiro atoms. The highest BCUT2D eigenvalue weighted by Crippen LogP contribution is 2.47. The Hall–Kier alpha value is -1.32. The Bertz CT molecular complexity index is 940. The summed E-state index contributed by atoms with van der Waals surface area (Å²) in [5, 5.41) is 0. The summed E-state index contributed by atoms with van der Waals surface area (Å²) in [4.78, 5) is 0.219. The van der Waals surface area contributed by atoms with Gasteiger partial charge in [-0.15, -0.1) is 0 Å². The SMILES string of the molecule is CCCCCCCCC[NH+](CCC)c1cc(F)c(F)c(C(F)(F)C(F)(F)F)c1F.CCCCC[B-](CCCCC)(CCCCC)CCCCC. The minimum Gasteiger partial charge on any atom is -0.300 e. The van der Waals surface area contributed by atoms with Crippen LogP contribution in [0.3, 0.4) is 0 Å². The van der Waals surface area contributed by atoms with E-state index < -0.39 is 40.8 Å². The molecule has 1 aromatic carbocycles. The molecule has 0 aliphatic heterocycles. The number of alkyl halides is 5. The van der Waals surface area contributed by atoms with Crippen LogP contribution in [0.15, 0.2) is 6.07 Å². The van der Waals surface area contributed by atoms with Crippen molar-refractivity contribution < 1.29 is 40.0 Å². The van der Waals surface area contributed by atoms with Gasteiger partial charge in [-0.05, 0) is 19.3 Å². The summed E-state index contributed by atoms with van der Waals surface area (Å²) in [6.07, 6.45) is 24.4. The lowest BCUT2D eigenvalue weighted by atomic mass is 9.17. The molecule has 1 N–H and O–H groups in total. The van der Waals surface area contributed by atoms with Crippen molar-refractivity contribution in [1.82, 2.24) is 0 Å². The van der Waals surface area contributed by atoms with E-state index in [1.165, 1.54) is 77.0 Å². The van der Waals surface area contributed by atoms with Gasteiger partial charge in [0, 0.05) is 12.2 Å². The van der Waals surface area contributed by atoms with Crippen LogP contribution in [0.2, 0.25) is 25.3 Å². The summed E-state index contributed by atoms with van der Waals surface area (Å²) >= 11 is 0. The summed E-state index contributed by atoms with van der Waals surface area (Å²) in [6.45, 7) is 13.6. The second-order valence-corrected chi connectivity index (χ2v) is 14.9. The van der Waals surface area contributed by atoms with Crippen LogP contribution in [0.25, 0.3) is 0 Å². The van der Waals surface area contributed by atoms with Gasteiger partial charge in [-0.25, -0.2) is 8.78 Å². The molecule has 1 rings (SSSR count). The first-order valence-electron chi connectivity index (χ1n) is 20.4. The predicted octanol–water partition coefficient (Wildman–Crippen LogP) is 14.6. The van der Waals surface area contributed by atoms with Crippen molar-refractivity contribution >= 4 is 11.8 Å². The van der Waals surface area contributed by atoms with E-state index in [-0.39, 0.29) is 24.1 Å². The maximum atomic E-state index is 14.6. The molecular weight excluding hydrogens is 657 g/mol. The predicted molar refractivity (Wildman–Crippen MR) is 198 cm³/mol. The smallest absolute Gasteiger partial charge is 0.300 e. The van der Waals surface area contributed by atoms with Gasteiger partial charge in [-0.2, -0.15) is 51.6 Å². The van der Waals surface area contributed by atoms with Crippen molar-refractivity contribution in [2.45, 2.75) is 207 Å². The third-order valence-corrected chi connectivity index (χ3v) is 10.5. The molecule has 0 fully saturated rings. The first kappa shape index (κ1) is 48.7. The van der Waals surface area contributed by atoms with Gasteiger partial charge in [-0.3, -0.25) is 4.90 Å². The molecule has 0 amide bonds. The molecule has 296 valence electrons. The quantitative estimate of drug-likeness (QED) is 0.0379. The normalized spacial score (nSPS) is 13.0. The van der Waals surface area contributed by atoms with E-state index >= 15 is 0 Å². The summed E-state index contributed by atoms with van der Waals surface area (Å²) in [6, 6.07) is 0.382. The van der Waals surface area contributed by atoms with Crippen LogP contribution in [-0.2, 0) is 5.92 Å². The molecule has 10 heteroatoms. The summed E-state index contributed by atoms with van der Waals surface area (Å²) in [5.74, 6) is -12.3. The van der Waals surface area contributed by atoms with Crippen molar-refractivity contribution in [3.8, 4) is 0 Å². The minimum absolute atomic E-state index is 0.0383. The highest BCUT2D eigenvalue weighted by molar-refractivity contribution is 6.79. The van der Waals surface area contributed by atoms with E-state index in [9.17, 15) is 35.1 Å². The van der Waals surface area contributed by atoms with Crippen LogP contribution in [0.5, 0.6) is 0 Å². The third-order valence-electron chi connectivity index (χ3n) is 10.5. The zero-order valence-corrected chi connectivity index (χ0v) is 32.6. The van der Waals surface area contributed by atoms with E-state index in [0.717, 1.165) is 38.5 Å². The summed E-state index contributed by atoms with van der Waals surface area (Å²) < 4.78 is 108. The number of unbranched alkanes of at least 4 members (excludes halogenated alkanes) is 14. The van der Waals surface area contributed by atoms with Gasteiger partial charge < -0.3 is 0 Å². The Morgan fingerprint density at radius 1 is 0.480 bits per heavy atom. The van der Waals surface area contributed by atoms with Crippen LogP contribution in [0.1, 0.15) is 176 Å². The van der Waals surface area contributed by atoms with Crippen molar-refractivity contribution in [1.29, 1.82) is 0 Å². The van der Waals surface area contributed by atoms with Gasteiger partial charge in [0.25, 0.3) is 0 Å². The van der Waals surface area contributed by atoms with E-state index in [1.54, 1.807) is 32.2 Å². The first-order valence-corrected chi connectivity index (χ1v) is 20.4. The number of hydrogen-bond acceptors (Lipinski definition) is 0. The molecule has 1 nitrogen and oxygen atoms in total. The highest BCUT2D eigenvalue weighted by Gasteiger charge is 2.62. The Morgan fingerprint density at radius 2 is 0.860 bits per heavy atom. The molecule has 0 aliphatic rings. The Balaban J connectivity index is 0.00000101. The molecule has 1 unspecified atom stereocenters. The number of rotatable bonds is 28. The fraction of sp³-hybridized carbons (Fsp3) is 0.850. The second-order valence-electron chi connectivity index (χ2n) is 14.9. The van der Waals surface area contributed by atoms with Crippen molar-refractivity contribution in [2.24, 2.45) is 0 Å². The average Bonchev–Trinajstić information content (AvgIpc) is 3.06. The molecule has 0 heterocycles. The molecule has 0 aromatic heterocycles. The zero-order chi connectivity index (χ0) is 38.1. The molecular formula is C40H72BF8N. The van der Waals surface area contributed by atoms with Gasteiger partial charge in [-0.1, -0.05) is 151 Å². The van der Waals surface area contributed by atoms with Crippen molar-refractivity contribution in [3.63, 3.8) is 0 Å². The van der Waals surface area contributed by atoms with Crippen LogP contribution in [-0.4, -0.2) is 25.4 Å². The lowest BCUT2D eigenvalue weighted by Crippen LogP contribution is -3.07. The number of benzene rings is 1. The van der Waals surface area contributed by atoms with Crippen LogP contribution in [0, 0.1) is 17.5 Å². The van der Waals surface area contributed by atoms with Gasteiger partial charge in [0.15, 0.2) is 23.1 Å². The molecule has 1 atom stereocenters. The molecule has 0 saturated heterocycles. The average molecular weight is 730 g/mol. The monoisotopic (exact) mass is 730 g/mol. The first-order chi connectivity index (χ1) is 23.7. The number of hydrogen-bond donors (Lipinski definition) is 1. The molecule has 50 heavy (non-hydrogen) atoms. The molecule has 1 aromatic rings. The van der Waals surface area contributed by atoms with Gasteiger partial charge in [0.05, 0.1) is 13.1 Å².